The minimum absolute atomic E-state index is 0.195. The van der Waals surface area contributed by atoms with Gasteiger partial charge >= 0.3 is 0 Å². The molecule has 15 heavy (non-hydrogen) atoms. The molecule has 0 spiro atoms. The fraction of sp³-hybridized carbons (Fsp3) is 0.417. The minimum atomic E-state index is -0.195. The van der Waals surface area contributed by atoms with Crippen LogP contribution in [0, 0.1) is 0 Å². The molecule has 1 fully saturated rings. The van der Waals surface area contributed by atoms with E-state index in [0.717, 1.165) is 29.5 Å². The number of hydrogen-bond acceptors (Lipinski definition) is 3. The van der Waals surface area contributed by atoms with Crippen LogP contribution in [0.4, 0.5) is 0 Å². The quantitative estimate of drug-likeness (QED) is 0.773. The molecule has 0 aliphatic heterocycles. The van der Waals surface area contributed by atoms with Crippen molar-refractivity contribution in [2.24, 2.45) is 5.73 Å². The molecule has 0 unspecified atom stereocenters. The molecule has 2 aromatic rings. The highest BCUT2D eigenvalue weighted by Crippen LogP contribution is 2.39. The van der Waals surface area contributed by atoms with Crippen molar-refractivity contribution in [3.05, 3.63) is 30.2 Å². The molecule has 0 bridgehead atoms. The maximum atomic E-state index is 6.42. The van der Waals surface area contributed by atoms with E-state index in [1.165, 1.54) is 19.2 Å². The zero-order valence-corrected chi connectivity index (χ0v) is 8.57. The van der Waals surface area contributed by atoms with Gasteiger partial charge in [0.05, 0.1) is 0 Å². The summed E-state index contributed by atoms with van der Waals surface area (Å²) in [6.45, 7) is 0. The van der Waals surface area contributed by atoms with Gasteiger partial charge in [-0.15, -0.1) is 0 Å². The Kier molecular flexibility index (Phi) is 1.83. The van der Waals surface area contributed by atoms with Gasteiger partial charge < -0.3 is 10.2 Å². The molecule has 0 atom stereocenters. The Labute approximate surface area is 88.3 Å². The van der Waals surface area contributed by atoms with Gasteiger partial charge in [-0.1, -0.05) is 25.0 Å². The smallest absolute Gasteiger partial charge is 0.181 e. The van der Waals surface area contributed by atoms with Crippen LogP contribution in [0.5, 0.6) is 0 Å². The summed E-state index contributed by atoms with van der Waals surface area (Å²) in [5.41, 5.74) is 9.11. The van der Waals surface area contributed by atoms with Crippen molar-refractivity contribution in [3.8, 4) is 0 Å². The summed E-state index contributed by atoms with van der Waals surface area (Å²) in [4.78, 5) is 4.16. The Morgan fingerprint density at radius 1 is 1.27 bits per heavy atom. The van der Waals surface area contributed by atoms with E-state index in [1.54, 1.807) is 0 Å². The first-order chi connectivity index (χ1) is 7.30. The first kappa shape index (κ1) is 8.92. The van der Waals surface area contributed by atoms with Gasteiger partial charge in [0.2, 0.25) is 0 Å². The molecule has 3 heteroatoms. The van der Waals surface area contributed by atoms with Gasteiger partial charge in [-0.05, 0) is 18.9 Å². The van der Waals surface area contributed by atoms with Gasteiger partial charge in [0.15, 0.2) is 12.0 Å². The van der Waals surface area contributed by atoms with Gasteiger partial charge in [0.25, 0.3) is 0 Å². The summed E-state index contributed by atoms with van der Waals surface area (Å²) in [6.07, 6.45) is 6.01. The first-order valence-electron chi connectivity index (χ1n) is 5.41. The van der Waals surface area contributed by atoms with E-state index in [-0.39, 0.29) is 5.54 Å². The molecule has 1 aromatic carbocycles. The molecule has 2 N–H and O–H groups in total. The lowest BCUT2D eigenvalue weighted by molar-refractivity contribution is 0.455. The van der Waals surface area contributed by atoms with Crippen LogP contribution in [0.25, 0.3) is 11.1 Å². The predicted octanol–water partition coefficient (Wildman–Crippen LogP) is 2.56. The number of benzene rings is 1. The summed E-state index contributed by atoms with van der Waals surface area (Å²) in [5.74, 6) is 0. The van der Waals surface area contributed by atoms with E-state index < -0.39 is 0 Å². The third-order valence-corrected chi connectivity index (χ3v) is 3.39. The molecule has 78 valence electrons. The summed E-state index contributed by atoms with van der Waals surface area (Å²) in [7, 11) is 0. The van der Waals surface area contributed by atoms with Crippen molar-refractivity contribution in [2.45, 2.75) is 31.2 Å². The van der Waals surface area contributed by atoms with E-state index >= 15 is 0 Å². The van der Waals surface area contributed by atoms with Crippen molar-refractivity contribution in [3.63, 3.8) is 0 Å². The lowest BCUT2D eigenvalue weighted by atomic mass is 9.89. The second kappa shape index (κ2) is 3.07. The average Bonchev–Trinajstić information content (AvgIpc) is 2.85. The van der Waals surface area contributed by atoms with Crippen LogP contribution in [0.15, 0.2) is 29.0 Å². The third-order valence-electron chi connectivity index (χ3n) is 3.39. The van der Waals surface area contributed by atoms with Crippen LogP contribution in [-0.2, 0) is 5.54 Å². The van der Waals surface area contributed by atoms with Crippen LogP contribution in [0.3, 0.4) is 0 Å². The van der Waals surface area contributed by atoms with Crippen molar-refractivity contribution in [1.82, 2.24) is 4.98 Å². The second-order valence-corrected chi connectivity index (χ2v) is 4.37. The molecule has 1 heterocycles. The SMILES string of the molecule is NC1(c2cccc3ncoc23)CCCC1. The number of nitrogens with zero attached hydrogens (tertiary/aromatic N) is 1. The van der Waals surface area contributed by atoms with Crippen molar-refractivity contribution in [1.29, 1.82) is 0 Å². The molecule has 0 radical (unpaired) electrons. The number of oxazole rings is 1. The number of hydrogen-bond donors (Lipinski definition) is 1. The van der Waals surface area contributed by atoms with E-state index in [9.17, 15) is 0 Å². The topological polar surface area (TPSA) is 52.0 Å². The molecule has 0 amide bonds. The molecule has 1 aliphatic rings. The van der Waals surface area contributed by atoms with Crippen LogP contribution >= 0.6 is 0 Å². The number of fused-ring (bicyclic) bond motifs is 1. The zero-order valence-electron chi connectivity index (χ0n) is 8.57. The lowest BCUT2D eigenvalue weighted by Crippen LogP contribution is -2.33. The van der Waals surface area contributed by atoms with Crippen LogP contribution in [-0.4, -0.2) is 4.98 Å². The Morgan fingerprint density at radius 3 is 2.87 bits per heavy atom. The molecule has 1 aromatic heterocycles. The molecule has 1 saturated carbocycles. The summed E-state index contributed by atoms with van der Waals surface area (Å²) >= 11 is 0. The standard InChI is InChI=1S/C12H14N2O/c13-12(6-1-2-7-12)9-4-3-5-10-11(9)15-8-14-10/h3-5,8H,1-2,6-7,13H2. The van der Waals surface area contributed by atoms with E-state index in [2.05, 4.69) is 11.1 Å². The fourth-order valence-corrected chi connectivity index (χ4v) is 2.55. The molecular formula is C12H14N2O. The second-order valence-electron chi connectivity index (χ2n) is 4.37. The van der Waals surface area contributed by atoms with E-state index in [4.69, 9.17) is 10.2 Å². The first-order valence-corrected chi connectivity index (χ1v) is 5.41. The number of aromatic nitrogens is 1. The van der Waals surface area contributed by atoms with Crippen molar-refractivity contribution < 1.29 is 4.42 Å². The van der Waals surface area contributed by atoms with Gasteiger partial charge in [0.1, 0.15) is 5.52 Å². The monoisotopic (exact) mass is 202 g/mol. The maximum absolute atomic E-state index is 6.42. The third kappa shape index (κ3) is 1.27. The Balaban J connectivity index is 2.21. The Hall–Kier alpha value is -1.35. The highest BCUT2D eigenvalue weighted by Gasteiger charge is 2.33. The summed E-state index contributed by atoms with van der Waals surface area (Å²) in [5, 5.41) is 0. The van der Waals surface area contributed by atoms with Crippen LogP contribution < -0.4 is 5.73 Å². The maximum Gasteiger partial charge on any atom is 0.181 e. The van der Waals surface area contributed by atoms with Crippen LogP contribution in [0.1, 0.15) is 31.2 Å². The average molecular weight is 202 g/mol. The number of nitrogens with two attached hydrogens (primary N) is 1. The van der Waals surface area contributed by atoms with Crippen molar-refractivity contribution in [2.75, 3.05) is 0 Å². The van der Waals surface area contributed by atoms with Gasteiger partial charge in [0, 0.05) is 11.1 Å². The fourth-order valence-electron chi connectivity index (χ4n) is 2.55. The van der Waals surface area contributed by atoms with Gasteiger partial charge in [-0.3, -0.25) is 0 Å². The molecule has 0 saturated heterocycles. The highest BCUT2D eigenvalue weighted by molar-refractivity contribution is 5.77. The highest BCUT2D eigenvalue weighted by atomic mass is 16.3. The Bertz CT molecular complexity index is 483. The largest absolute Gasteiger partial charge is 0.443 e. The summed E-state index contributed by atoms with van der Waals surface area (Å²) in [6, 6.07) is 6.03. The van der Waals surface area contributed by atoms with Gasteiger partial charge in [-0.25, -0.2) is 4.98 Å². The minimum Gasteiger partial charge on any atom is -0.443 e. The molecular weight excluding hydrogens is 188 g/mol. The molecule has 1 aliphatic carbocycles. The van der Waals surface area contributed by atoms with Crippen molar-refractivity contribution >= 4 is 11.1 Å². The predicted molar refractivity (Wildman–Crippen MR) is 58.3 cm³/mol. The number of rotatable bonds is 1. The van der Waals surface area contributed by atoms with Gasteiger partial charge in [-0.2, -0.15) is 0 Å². The Morgan fingerprint density at radius 2 is 2.07 bits per heavy atom. The van der Waals surface area contributed by atoms with Crippen LogP contribution in [0.2, 0.25) is 0 Å². The zero-order chi connectivity index (χ0) is 10.3. The normalized spacial score (nSPS) is 19.8. The van der Waals surface area contributed by atoms with E-state index in [1.807, 2.05) is 12.1 Å². The molecule has 3 rings (SSSR count). The number of para-hydroxylation sites is 1. The molecule has 3 nitrogen and oxygen atoms in total. The van der Waals surface area contributed by atoms with E-state index in [0.29, 0.717) is 0 Å². The lowest BCUT2D eigenvalue weighted by Gasteiger charge is -2.23. The summed E-state index contributed by atoms with van der Waals surface area (Å²) < 4.78 is 5.44.